The molecule has 2 aromatic rings. The number of nitrogens with one attached hydrogen (secondary N) is 2. The normalized spacial score (nSPS) is 19.1. The van der Waals surface area contributed by atoms with Crippen molar-refractivity contribution in [3.05, 3.63) is 39.8 Å². The van der Waals surface area contributed by atoms with Crippen molar-refractivity contribution in [3.8, 4) is 0 Å². The van der Waals surface area contributed by atoms with E-state index < -0.39 is 0 Å². The number of anilines is 1. The number of hydrogen-bond donors (Lipinski definition) is 2. The van der Waals surface area contributed by atoms with Crippen LogP contribution in [-0.4, -0.2) is 79.7 Å². The zero-order valence-corrected chi connectivity index (χ0v) is 22.3. The number of methoxy groups -OCH3 is 1. The molecule has 1 aromatic heterocycles. The first kappa shape index (κ1) is 26.1. The average Bonchev–Trinajstić information content (AvgIpc) is 2.81. The molecule has 8 nitrogen and oxygen atoms in total. The van der Waals surface area contributed by atoms with Gasteiger partial charge in [0.25, 0.3) is 0 Å². The number of benzene rings is 1. The molecule has 0 unspecified atom stereocenters. The predicted octanol–water partition coefficient (Wildman–Crippen LogP) is 4.40. The highest BCUT2D eigenvalue weighted by atomic mass is 35.5. The van der Waals surface area contributed by atoms with E-state index in [1.165, 1.54) is 0 Å². The lowest BCUT2D eigenvalue weighted by Gasteiger charge is -2.41. The first-order valence-corrected chi connectivity index (χ1v) is 12.7. The Morgan fingerprint density at radius 3 is 2.69 bits per heavy atom. The minimum Gasteiger partial charge on any atom is -0.378 e. The third-order valence-corrected chi connectivity index (χ3v) is 7.43. The molecule has 2 N–H and O–H groups in total. The quantitative estimate of drug-likeness (QED) is 0.374. The van der Waals surface area contributed by atoms with Crippen LogP contribution in [0.2, 0.25) is 5.02 Å². The van der Waals surface area contributed by atoms with Gasteiger partial charge < -0.3 is 20.1 Å². The van der Waals surface area contributed by atoms with Crippen LogP contribution in [0.5, 0.6) is 0 Å². The van der Waals surface area contributed by atoms with Crippen molar-refractivity contribution in [2.75, 3.05) is 52.3 Å². The second kappa shape index (κ2) is 11.4. The Hall–Kier alpha value is -1.97. The van der Waals surface area contributed by atoms with Crippen LogP contribution in [0.3, 0.4) is 0 Å². The molecule has 0 aliphatic carbocycles. The minimum atomic E-state index is -0.370. The van der Waals surface area contributed by atoms with Gasteiger partial charge >= 0.3 is 0 Å². The Morgan fingerprint density at radius 1 is 1.31 bits per heavy atom. The summed E-state index contributed by atoms with van der Waals surface area (Å²) in [7, 11) is 3.35. The van der Waals surface area contributed by atoms with Crippen molar-refractivity contribution >= 4 is 46.3 Å². The molecule has 2 aliphatic rings. The van der Waals surface area contributed by atoms with Crippen LogP contribution in [0.15, 0.2) is 34.2 Å². The number of rotatable bonds is 9. The highest BCUT2D eigenvalue weighted by Crippen LogP contribution is 2.36. The molecule has 0 spiro atoms. The fourth-order valence-electron chi connectivity index (χ4n) is 4.30. The van der Waals surface area contributed by atoms with Gasteiger partial charge in [-0.25, -0.2) is 9.97 Å². The minimum absolute atomic E-state index is 0.370. The molecule has 2 fully saturated rings. The second-order valence-corrected chi connectivity index (χ2v) is 10.5. The van der Waals surface area contributed by atoms with E-state index in [0.717, 1.165) is 60.6 Å². The number of ether oxygens (including phenoxy) is 2. The molecular formula is C25H34Cl2N6O2. The Bertz CT molecular complexity index is 1090. The molecule has 0 atom stereocenters. The van der Waals surface area contributed by atoms with Gasteiger partial charge in [0.2, 0.25) is 5.95 Å². The first-order valence-electron chi connectivity index (χ1n) is 12.0. The van der Waals surface area contributed by atoms with Gasteiger partial charge in [0.15, 0.2) is 0 Å². The zero-order chi connectivity index (χ0) is 25.0. The fourth-order valence-corrected chi connectivity index (χ4v) is 4.79. The summed E-state index contributed by atoms with van der Waals surface area (Å²) in [6.07, 6.45) is 5.57. The van der Waals surface area contributed by atoms with Crippen LogP contribution in [0.4, 0.5) is 5.95 Å². The standard InChI is InChI=1S/C25H34Cl2N6O2/c1-25(2,34-4)15-30-23(27)22(12-28-3)32-24-29-11-17-9-20(26)19(10-21(17)31-24)16-5-7-33(8-6-16)18-13-35-14-18/h9-12,16,18,30H,5-8,13-15H2,1-4H3,(H,29,31,32)/b23-22+,28-12?. The molecule has 0 bridgehead atoms. The number of aliphatic imine (C=N–C) groups is 1. The molecule has 2 saturated heterocycles. The van der Waals surface area contributed by atoms with Crippen molar-refractivity contribution in [1.29, 1.82) is 0 Å². The van der Waals surface area contributed by atoms with Gasteiger partial charge in [-0.2, -0.15) is 0 Å². The molecular weight excluding hydrogens is 487 g/mol. The summed E-state index contributed by atoms with van der Waals surface area (Å²) in [5.74, 6) is 0.854. The molecule has 10 heteroatoms. The number of hydrogen-bond acceptors (Lipinski definition) is 8. The van der Waals surface area contributed by atoms with Crippen molar-refractivity contribution in [2.24, 2.45) is 4.99 Å². The van der Waals surface area contributed by atoms with E-state index in [2.05, 4.69) is 31.6 Å². The van der Waals surface area contributed by atoms with E-state index in [1.807, 2.05) is 19.9 Å². The van der Waals surface area contributed by atoms with Gasteiger partial charge in [-0.05, 0) is 63.4 Å². The van der Waals surface area contributed by atoms with E-state index in [9.17, 15) is 0 Å². The van der Waals surface area contributed by atoms with E-state index in [4.69, 9.17) is 37.7 Å². The highest BCUT2D eigenvalue weighted by Gasteiger charge is 2.30. The Kier molecular flexibility index (Phi) is 8.50. The summed E-state index contributed by atoms with van der Waals surface area (Å²) in [4.78, 5) is 15.9. The van der Waals surface area contributed by atoms with Crippen LogP contribution in [0, 0.1) is 0 Å². The van der Waals surface area contributed by atoms with Crippen molar-refractivity contribution in [1.82, 2.24) is 20.2 Å². The van der Waals surface area contributed by atoms with Crippen molar-refractivity contribution in [3.63, 3.8) is 0 Å². The maximum Gasteiger partial charge on any atom is 0.227 e. The SMILES string of the molecule is CN=C/C(Nc1ncc2cc(Cl)c(C3CCN(C4COC4)CC3)cc2n1)=C(/Cl)NCC(C)(C)OC. The van der Waals surface area contributed by atoms with Crippen LogP contribution >= 0.6 is 23.2 Å². The van der Waals surface area contributed by atoms with E-state index in [0.29, 0.717) is 35.3 Å². The molecule has 3 heterocycles. The number of piperidine rings is 1. The molecule has 190 valence electrons. The third kappa shape index (κ3) is 6.43. The fraction of sp³-hybridized carbons (Fsp3) is 0.560. The van der Waals surface area contributed by atoms with Crippen LogP contribution < -0.4 is 10.6 Å². The molecule has 0 radical (unpaired) electrons. The summed E-state index contributed by atoms with van der Waals surface area (Å²) >= 11 is 13.2. The lowest BCUT2D eigenvalue weighted by atomic mass is 9.88. The summed E-state index contributed by atoms with van der Waals surface area (Å²) < 4.78 is 10.8. The Morgan fingerprint density at radius 2 is 2.06 bits per heavy atom. The number of halogens is 2. The molecule has 0 saturated carbocycles. The summed E-state index contributed by atoms with van der Waals surface area (Å²) in [6, 6.07) is 4.66. The van der Waals surface area contributed by atoms with Gasteiger partial charge in [0.1, 0.15) is 5.16 Å². The van der Waals surface area contributed by atoms with E-state index >= 15 is 0 Å². The van der Waals surface area contributed by atoms with Gasteiger partial charge in [0.05, 0.1) is 36.1 Å². The largest absolute Gasteiger partial charge is 0.378 e. The second-order valence-electron chi connectivity index (χ2n) is 9.68. The maximum absolute atomic E-state index is 6.70. The zero-order valence-electron chi connectivity index (χ0n) is 20.8. The smallest absolute Gasteiger partial charge is 0.227 e. The van der Waals surface area contributed by atoms with Gasteiger partial charge in [0, 0.05) is 43.5 Å². The highest BCUT2D eigenvalue weighted by molar-refractivity contribution is 6.32. The molecule has 4 rings (SSSR count). The number of nitrogens with zero attached hydrogens (tertiary/aromatic N) is 4. The number of aromatic nitrogens is 2. The van der Waals surface area contributed by atoms with Gasteiger partial charge in [-0.1, -0.05) is 23.2 Å². The van der Waals surface area contributed by atoms with Crippen molar-refractivity contribution in [2.45, 2.75) is 44.2 Å². The number of fused-ring (bicyclic) bond motifs is 1. The predicted molar refractivity (Wildman–Crippen MR) is 143 cm³/mol. The van der Waals surface area contributed by atoms with E-state index in [1.54, 1.807) is 26.6 Å². The third-order valence-electron chi connectivity index (χ3n) is 6.77. The lowest BCUT2D eigenvalue weighted by molar-refractivity contribution is -0.0712. The Labute approximate surface area is 217 Å². The molecule has 35 heavy (non-hydrogen) atoms. The molecule has 1 aromatic carbocycles. The number of allylic oxidation sites excluding steroid dienone is 1. The molecule has 2 aliphatic heterocycles. The first-order chi connectivity index (χ1) is 16.8. The monoisotopic (exact) mass is 520 g/mol. The van der Waals surface area contributed by atoms with E-state index in [-0.39, 0.29) is 5.60 Å². The average molecular weight is 521 g/mol. The summed E-state index contributed by atoms with van der Waals surface area (Å²) in [5.41, 5.74) is 2.20. The summed E-state index contributed by atoms with van der Waals surface area (Å²) in [6.45, 7) is 8.34. The van der Waals surface area contributed by atoms with Gasteiger partial charge in [-0.3, -0.25) is 9.89 Å². The maximum atomic E-state index is 6.70. The van der Waals surface area contributed by atoms with Crippen LogP contribution in [0.1, 0.15) is 38.2 Å². The lowest BCUT2D eigenvalue weighted by Crippen LogP contribution is -2.51. The molecule has 0 amide bonds. The van der Waals surface area contributed by atoms with Crippen LogP contribution in [0.25, 0.3) is 10.9 Å². The van der Waals surface area contributed by atoms with Gasteiger partial charge in [-0.15, -0.1) is 0 Å². The Balaban J connectivity index is 1.51. The van der Waals surface area contributed by atoms with Crippen LogP contribution in [-0.2, 0) is 9.47 Å². The van der Waals surface area contributed by atoms with Crippen molar-refractivity contribution < 1.29 is 9.47 Å². The number of likely N-dealkylation sites (tertiary alicyclic amines) is 1. The topological polar surface area (TPSA) is 83.9 Å². The summed E-state index contributed by atoms with van der Waals surface area (Å²) in [5, 5.41) is 8.45.